The fourth-order valence-electron chi connectivity index (χ4n) is 1.80. The Morgan fingerprint density at radius 3 is 2.88 bits per heavy atom. The smallest absolute Gasteiger partial charge is 0.326 e. The Hall–Kier alpha value is -1.43. The van der Waals surface area contributed by atoms with E-state index in [-0.39, 0.29) is 18.1 Å². The Bertz CT molecular complexity index is 522. The first-order valence-electron chi connectivity index (χ1n) is 5.12. The third-order valence-corrected chi connectivity index (χ3v) is 2.72. The number of H-pyrrole nitrogens is 1. The number of aryl methyl sites for hydroxylation is 1. The molecule has 2 rings (SSSR count). The van der Waals surface area contributed by atoms with Crippen LogP contribution in [0.15, 0.2) is 15.8 Å². The van der Waals surface area contributed by atoms with Crippen molar-refractivity contribution in [3.63, 3.8) is 0 Å². The lowest BCUT2D eigenvalue weighted by atomic mass is 10.2. The summed E-state index contributed by atoms with van der Waals surface area (Å²) in [6.45, 7) is 3.25. The van der Waals surface area contributed by atoms with Crippen molar-refractivity contribution in [2.24, 2.45) is 0 Å². The highest BCUT2D eigenvalue weighted by molar-refractivity contribution is 5.02. The molecule has 1 aliphatic heterocycles. The van der Waals surface area contributed by atoms with E-state index in [0.29, 0.717) is 6.42 Å². The molecule has 0 unspecified atom stereocenters. The van der Waals surface area contributed by atoms with E-state index in [1.54, 1.807) is 6.92 Å². The molecule has 1 fully saturated rings. The summed E-state index contributed by atoms with van der Waals surface area (Å²) in [6, 6.07) is 0. The van der Waals surface area contributed by atoms with E-state index in [4.69, 9.17) is 4.74 Å². The lowest BCUT2D eigenvalue weighted by molar-refractivity contribution is -0.195. The molecule has 2 heterocycles. The lowest BCUT2D eigenvalue weighted by Crippen LogP contribution is -2.41. The van der Waals surface area contributed by atoms with E-state index in [1.807, 2.05) is 0 Å². The largest absolute Gasteiger partial charge is 0.332 e. The Labute approximate surface area is 90.9 Å². The minimum atomic E-state index is -2.13. The fraction of sp³-hybridized carbons (Fsp3) is 0.600. The standard InChI is InChI=1S/C10H13FN2O3/c1-6-5-13(9(15)12-8(6)14)10(11)4-3-7(2)16-10/h5,7H,3-4H2,1-2H3,(H,12,14,15)/t7-,10+/m1/s1. The molecule has 0 saturated carbocycles. The molecule has 6 heteroatoms. The van der Waals surface area contributed by atoms with Crippen LogP contribution in [-0.4, -0.2) is 15.7 Å². The Kier molecular flexibility index (Phi) is 2.46. The van der Waals surface area contributed by atoms with Gasteiger partial charge in [-0.1, -0.05) is 0 Å². The van der Waals surface area contributed by atoms with Gasteiger partial charge in [0.25, 0.3) is 11.5 Å². The second-order valence-corrected chi connectivity index (χ2v) is 4.10. The maximum absolute atomic E-state index is 14.3. The van der Waals surface area contributed by atoms with Crippen molar-refractivity contribution in [1.29, 1.82) is 0 Å². The van der Waals surface area contributed by atoms with Gasteiger partial charge in [-0.25, -0.2) is 9.36 Å². The molecule has 5 nitrogen and oxygen atoms in total. The number of rotatable bonds is 1. The van der Waals surface area contributed by atoms with E-state index in [1.165, 1.54) is 13.1 Å². The monoisotopic (exact) mass is 228 g/mol. The van der Waals surface area contributed by atoms with Gasteiger partial charge >= 0.3 is 5.69 Å². The number of nitrogens with zero attached hydrogens (tertiary/aromatic N) is 1. The predicted molar refractivity (Wildman–Crippen MR) is 54.9 cm³/mol. The molecule has 88 valence electrons. The summed E-state index contributed by atoms with van der Waals surface area (Å²) in [5, 5.41) is 0. The number of ether oxygens (including phenoxy) is 1. The van der Waals surface area contributed by atoms with E-state index < -0.39 is 17.2 Å². The maximum Gasteiger partial charge on any atom is 0.332 e. The normalized spacial score (nSPS) is 29.6. The van der Waals surface area contributed by atoms with Gasteiger partial charge in [-0.05, 0) is 20.3 Å². The van der Waals surface area contributed by atoms with Crippen molar-refractivity contribution in [3.05, 3.63) is 32.6 Å². The van der Waals surface area contributed by atoms with Crippen LogP contribution in [0.1, 0.15) is 25.3 Å². The minimum absolute atomic E-state index is 0.111. The van der Waals surface area contributed by atoms with Gasteiger partial charge in [-0.3, -0.25) is 9.78 Å². The van der Waals surface area contributed by atoms with Crippen LogP contribution in [0, 0.1) is 6.92 Å². The van der Waals surface area contributed by atoms with Crippen LogP contribution in [0.3, 0.4) is 0 Å². The molecule has 1 N–H and O–H groups in total. The molecule has 16 heavy (non-hydrogen) atoms. The van der Waals surface area contributed by atoms with Crippen molar-refractivity contribution in [3.8, 4) is 0 Å². The summed E-state index contributed by atoms with van der Waals surface area (Å²) >= 11 is 0. The molecule has 1 aromatic heterocycles. The zero-order valence-electron chi connectivity index (χ0n) is 9.12. The van der Waals surface area contributed by atoms with Crippen molar-refractivity contribution in [1.82, 2.24) is 9.55 Å². The number of aromatic amines is 1. The second kappa shape index (κ2) is 3.55. The Balaban J connectivity index is 2.53. The number of hydrogen-bond donors (Lipinski definition) is 1. The SMILES string of the molecule is Cc1cn([C@@]2(F)CC[C@@H](C)O2)c(=O)[nH]c1=O. The topological polar surface area (TPSA) is 64.1 Å². The lowest BCUT2D eigenvalue weighted by Gasteiger charge is -2.22. The molecule has 0 spiro atoms. The van der Waals surface area contributed by atoms with Gasteiger partial charge in [-0.2, -0.15) is 4.39 Å². The molecule has 0 aliphatic carbocycles. The highest BCUT2D eigenvalue weighted by Gasteiger charge is 2.41. The van der Waals surface area contributed by atoms with E-state index in [2.05, 4.69) is 4.98 Å². The minimum Gasteiger partial charge on any atom is -0.326 e. The molecular weight excluding hydrogens is 215 g/mol. The molecule has 0 aromatic carbocycles. The van der Waals surface area contributed by atoms with E-state index in [9.17, 15) is 14.0 Å². The predicted octanol–water partition coefficient (Wildman–Crippen LogP) is 0.624. The van der Waals surface area contributed by atoms with Gasteiger partial charge < -0.3 is 4.74 Å². The molecule has 2 atom stereocenters. The highest BCUT2D eigenvalue weighted by Crippen LogP contribution is 2.34. The summed E-state index contributed by atoms with van der Waals surface area (Å²) in [5.74, 6) is -2.13. The van der Waals surface area contributed by atoms with Crippen LogP contribution in [0.2, 0.25) is 0 Å². The number of halogens is 1. The number of hydrogen-bond acceptors (Lipinski definition) is 3. The number of nitrogens with one attached hydrogen (secondary N) is 1. The molecule has 1 aliphatic rings. The summed E-state index contributed by atoms with van der Waals surface area (Å²) in [4.78, 5) is 24.7. The Morgan fingerprint density at radius 2 is 2.31 bits per heavy atom. The van der Waals surface area contributed by atoms with Gasteiger partial charge in [0.2, 0.25) is 0 Å². The number of aromatic nitrogens is 2. The quantitative estimate of drug-likeness (QED) is 0.766. The van der Waals surface area contributed by atoms with Crippen molar-refractivity contribution in [2.75, 3.05) is 0 Å². The average molecular weight is 228 g/mol. The number of alkyl halides is 1. The molecule has 1 aromatic rings. The van der Waals surface area contributed by atoms with Crippen molar-refractivity contribution >= 4 is 0 Å². The highest BCUT2D eigenvalue weighted by atomic mass is 19.2. The van der Waals surface area contributed by atoms with E-state index >= 15 is 0 Å². The van der Waals surface area contributed by atoms with Crippen LogP contribution in [0.5, 0.6) is 0 Å². The van der Waals surface area contributed by atoms with Gasteiger partial charge in [-0.15, -0.1) is 0 Å². The van der Waals surface area contributed by atoms with Crippen LogP contribution in [0.4, 0.5) is 4.39 Å². The summed E-state index contributed by atoms with van der Waals surface area (Å²) < 4.78 is 20.2. The first-order valence-corrected chi connectivity index (χ1v) is 5.12. The van der Waals surface area contributed by atoms with Crippen molar-refractivity contribution in [2.45, 2.75) is 38.8 Å². The fourth-order valence-corrected chi connectivity index (χ4v) is 1.80. The first-order chi connectivity index (χ1) is 7.42. The zero-order chi connectivity index (χ0) is 11.9. The Morgan fingerprint density at radius 1 is 1.62 bits per heavy atom. The average Bonchev–Trinajstić information content (AvgIpc) is 2.53. The third-order valence-electron chi connectivity index (χ3n) is 2.72. The summed E-state index contributed by atoms with van der Waals surface area (Å²) in [7, 11) is 0. The van der Waals surface area contributed by atoms with Gasteiger partial charge in [0.05, 0.1) is 6.10 Å². The van der Waals surface area contributed by atoms with E-state index in [0.717, 1.165) is 4.57 Å². The van der Waals surface area contributed by atoms with Crippen molar-refractivity contribution < 1.29 is 9.13 Å². The molecule has 0 amide bonds. The summed E-state index contributed by atoms with van der Waals surface area (Å²) in [6.07, 6.45) is 1.61. The first kappa shape index (κ1) is 11.1. The van der Waals surface area contributed by atoms with Crippen LogP contribution < -0.4 is 11.2 Å². The third kappa shape index (κ3) is 1.69. The zero-order valence-corrected chi connectivity index (χ0v) is 9.12. The second-order valence-electron chi connectivity index (χ2n) is 4.10. The van der Waals surface area contributed by atoms with Gasteiger partial charge in [0, 0.05) is 18.2 Å². The van der Waals surface area contributed by atoms with Gasteiger partial charge in [0.1, 0.15) is 0 Å². The molecule has 0 radical (unpaired) electrons. The van der Waals surface area contributed by atoms with Crippen LogP contribution >= 0.6 is 0 Å². The van der Waals surface area contributed by atoms with Crippen LogP contribution in [0.25, 0.3) is 0 Å². The maximum atomic E-state index is 14.3. The molecule has 1 saturated heterocycles. The molecular formula is C10H13FN2O3. The summed E-state index contributed by atoms with van der Waals surface area (Å²) in [5.41, 5.74) is -1.01. The van der Waals surface area contributed by atoms with Crippen LogP contribution in [-0.2, 0) is 10.7 Å². The van der Waals surface area contributed by atoms with Gasteiger partial charge in [0.15, 0.2) is 0 Å². The molecule has 0 bridgehead atoms.